The number of nitrogens with one attached hydrogen (secondary N) is 1. The van der Waals surface area contributed by atoms with E-state index in [-0.39, 0.29) is 39.4 Å². The first-order chi connectivity index (χ1) is 17.1. The summed E-state index contributed by atoms with van der Waals surface area (Å²) in [6.07, 6.45) is -4.71. The third-order valence-corrected chi connectivity index (χ3v) is 5.60. The number of nitriles is 1. The number of ether oxygens (including phenoxy) is 2. The van der Waals surface area contributed by atoms with Crippen LogP contribution in [0, 0.1) is 11.3 Å². The molecule has 1 atom stereocenters. The zero-order valence-corrected chi connectivity index (χ0v) is 18.9. The van der Waals surface area contributed by atoms with Gasteiger partial charge >= 0.3 is 18.1 Å². The number of aromatic nitrogens is 2. The Morgan fingerprint density at radius 3 is 2.36 bits per heavy atom. The molecule has 0 aliphatic carbocycles. The molecule has 184 valence electrons. The van der Waals surface area contributed by atoms with Crippen LogP contribution in [-0.4, -0.2) is 36.1 Å². The van der Waals surface area contributed by atoms with Crippen molar-refractivity contribution >= 4 is 28.7 Å². The second-order valence-electron chi connectivity index (χ2n) is 7.62. The van der Waals surface area contributed by atoms with Crippen LogP contribution in [0.4, 0.5) is 18.9 Å². The number of H-pyrrole nitrogens is 1. The Morgan fingerprint density at radius 1 is 1.11 bits per heavy atom. The number of fused-ring (bicyclic) bond motifs is 1. The molecule has 0 bridgehead atoms. The minimum absolute atomic E-state index is 0.00472. The van der Waals surface area contributed by atoms with Gasteiger partial charge in [-0.1, -0.05) is 30.3 Å². The van der Waals surface area contributed by atoms with Crippen LogP contribution in [0.2, 0.25) is 0 Å². The Kier molecular flexibility index (Phi) is 6.15. The van der Waals surface area contributed by atoms with E-state index in [1.54, 1.807) is 30.3 Å². The molecule has 3 N–H and O–H groups in total. The van der Waals surface area contributed by atoms with Gasteiger partial charge in [-0.2, -0.15) is 18.4 Å². The van der Waals surface area contributed by atoms with E-state index in [1.165, 1.54) is 18.2 Å². The van der Waals surface area contributed by atoms with Crippen molar-refractivity contribution in [2.45, 2.75) is 12.1 Å². The predicted molar refractivity (Wildman–Crippen MR) is 121 cm³/mol. The number of allylic oxidation sites excluding steroid dienone is 1. The molecule has 2 aromatic carbocycles. The van der Waals surface area contributed by atoms with Gasteiger partial charge in [0, 0.05) is 0 Å². The first-order valence-corrected chi connectivity index (χ1v) is 10.3. The van der Waals surface area contributed by atoms with Crippen molar-refractivity contribution in [2.75, 3.05) is 19.1 Å². The van der Waals surface area contributed by atoms with Crippen molar-refractivity contribution in [3.63, 3.8) is 0 Å². The Balaban J connectivity index is 2.02. The van der Waals surface area contributed by atoms with Crippen molar-refractivity contribution in [1.82, 2.24) is 9.97 Å². The molecule has 4 rings (SSSR count). The van der Waals surface area contributed by atoms with E-state index in [1.807, 2.05) is 6.07 Å². The third kappa shape index (κ3) is 4.00. The molecule has 1 unspecified atom stereocenters. The highest BCUT2D eigenvalue weighted by Gasteiger charge is 2.43. The van der Waals surface area contributed by atoms with Gasteiger partial charge in [-0.25, -0.2) is 14.6 Å². The maximum absolute atomic E-state index is 13.1. The summed E-state index contributed by atoms with van der Waals surface area (Å²) < 4.78 is 49.3. The monoisotopic (exact) mass is 497 g/mol. The van der Waals surface area contributed by atoms with Gasteiger partial charge in [0.05, 0.1) is 54.1 Å². The summed E-state index contributed by atoms with van der Waals surface area (Å²) in [5, 5.41) is 10.0. The fourth-order valence-corrected chi connectivity index (χ4v) is 4.05. The first kappa shape index (κ1) is 24.3. The topological polar surface area (TPSA) is 134 Å². The van der Waals surface area contributed by atoms with E-state index >= 15 is 0 Å². The molecule has 9 nitrogen and oxygen atoms in total. The van der Waals surface area contributed by atoms with Gasteiger partial charge in [0.25, 0.3) is 0 Å². The number of esters is 2. The zero-order valence-electron chi connectivity index (χ0n) is 18.9. The summed E-state index contributed by atoms with van der Waals surface area (Å²) in [5.41, 5.74) is 6.30. The molecule has 0 spiro atoms. The minimum Gasteiger partial charge on any atom is -0.466 e. The molecule has 1 aliphatic rings. The number of nitrogens with zero attached hydrogens (tertiary/aromatic N) is 3. The molecule has 1 aromatic heterocycles. The van der Waals surface area contributed by atoms with Gasteiger partial charge in [0.1, 0.15) is 11.5 Å². The fraction of sp³-hybridized carbons (Fsp3) is 0.167. The van der Waals surface area contributed by atoms with E-state index in [4.69, 9.17) is 15.2 Å². The lowest BCUT2D eigenvalue weighted by molar-refractivity contribution is -0.144. The molecule has 1 aliphatic heterocycles. The Hall–Kier alpha value is -4.79. The van der Waals surface area contributed by atoms with Crippen molar-refractivity contribution in [2.24, 2.45) is 5.73 Å². The minimum atomic E-state index is -4.71. The number of methoxy groups -OCH3 is 2. The van der Waals surface area contributed by atoms with Crippen molar-refractivity contribution in [3.05, 3.63) is 82.6 Å². The second kappa shape index (κ2) is 9.10. The summed E-state index contributed by atoms with van der Waals surface area (Å²) in [6.45, 7) is 0. The summed E-state index contributed by atoms with van der Waals surface area (Å²) in [6, 6.07) is 14.3. The van der Waals surface area contributed by atoms with E-state index in [0.717, 1.165) is 19.1 Å². The van der Waals surface area contributed by atoms with Crippen LogP contribution in [0.25, 0.3) is 11.0 Å². The van der Waals surface area contributed by atoms with Crippen LogP contribution in [0.1, 0.15) is 17.3 Å². The second-order valence-corrected chi connectivity index (χ2v) is 7.62. The van der Waals surface area contributed by atoms with E-state index < -0.39 is 29.9 Å². The summed E-state index contributed by atoms with van der Waals surface area (Å²) in [7, 11) is 2.20. The Labute approximate surface area is 202 Å². The summed E-state index contributed by atoms with van der Waals surface area (Å²) >= 11 is 0. The molecule has 0 radical (unpaired) electrons. The van der Waals surface area contributed by atoms with Crippen LogP contribution in [0.5, 0.6) is 0 Å². The van der Waals surface area contributed by atoms with Crippen LogP contribution in [-0.2, 0) is 25.2 Å². The number of anilines is 1. The van der Waals surface area contributed by atoms with E-state index in [9.17, 15) is 28.0 Å². The van der Waals surface area contributed by atoms with E-state index in [2.05, 4.69) is 9.97 Å². The lowest BCUT2D eigenvalue weighted by Crippen LogP contribution is -2.40. The Morgan fingerprint density at radius 2 is 1.78 bits per heavy atom. The molecule has 12 heteroatoms. The van der Waals surface area contributed by atoms with Crippen molar-refractivity contribution in [1.29, 1.82) is 5.26 Å². The number of aromatic amines is 1. The highest BCUT2D eigenvalue weighted by molar-refractivity contribution is 6.06. The van der Waals surface area contributed by atoms with Crippen LogP contribution >= 0.6 is 0 Å². The molecule has 0 saturated heterocycles. The number of imidazole rings is 1. The normalized spacial score (nSPS) is 16.2. The zero-order chi connectivity index (χ0) is 26.2. The average molecular weight is 497 g/mol. The Bertz CT molecular complexity index is 1470. The molecule has 2 heterocycles. The first-order valence-electron chi connectivity index (χ1n) is 10.3. The smallest absolute Gasteiger partial charge is 0.449 e. The summed E-state index contributed by atoms with van der Waals surface area (Å²) in [4.78, 5) is 32.9. The quantitative estimate of drug-likeness (QED) is 0.524. The number of halogens is 3. The largest absolute Gasteiger partial charge is 0.466 e. The molecule has 0 fully saturated rings. The lowest BCUT2D eigenvalue weighted by Gasteiger charge is -2.35. The molecule has 36 heavy (non-hydrogen) atoms. The van der Waals surface area contributed by atoms with Crippen LogP contribution in [0.3, 0.4) is 0 Å². The van der Waals surface area contributed by atoms with Gasteiger partial charge in [-0.15, -0.1) is 0 Å². The number of benzene rings is 2. The number of nitrogens with two attached hydrogens (primary N) is 1. The van der Waals surface area contributed by atoms with Crippen LogP contribution < -0.4 is 10.6 Å². The number of hydrogen-bond acceptors (Lipinski definition) is 8. The molecular weight excluding hydrogens is 479 g/mol. The average Bonchev–Trinajstić information content (AvgIpc) is 3.31. The van der Waals surface area contributed by atoms with Gasteiger partial charge < -0.3 is 20.2 Å². The predicted octanol–water partition coefficient (Wildman–Crippen LogP) is 3.48. The van der Waals surface area contributed by atoms with E-state index in [0.29, 0.717) is 5.56 Å². The number of rotatable bonds is 4. The number of carbonyl (C=O) groups is 2. The van der Waals surface area contributed by atoms with Crippen LogP contribution in [0.15, 0.2) is 71.2 Å². The highest BCUT2D eigenvalue weighted by atomic mass is 19.4. The summed E-state index contributed by atoms with van der Waals surface area (Å²) in [5.74, 6) is -4.39. The molecule has 0 amide bonds. The molecular formula is C24H18F3N5O4. The third-order valence-electron chi connectivity index (χ3n) is 5.60. The lowest BCUT2D eigenvalue weighted by atomic mass is 9.81. The fourth-order valence-electron chi connectivity index (χ4n) is 4.05. The molecule has 3 aromatic rings. The SMILES string of the molecule is COC(=O)C1=C(C(=O)OC)N(c2ccc3nc(C(F)(F)F)[nH]c3c2)C(N)=C(C#N)C1c1ccccc1. The number of alkyl halides is 3. The van der Waals surface area contributed by atoms with Gasteiger partial charge in [-0.3, -0.25) is 4.90 Å². The standard InChI is InChI=1S/C24H18F3N5O4/c1-35-21(33)18-17(12-6-4-3-5-7-12)14(11-28)20(29)32(19(18)22(34)36-2)13-8-9-15-16(10-13)31-23(30-15)24(25,26)27/h3-10,17H,29H2,1-2H3,(H,30,31). The number of carbonyl (C=O) groups excluding carboxylic acids is 2. The highest BCUT2D eigenvalue weighted by Crippen LogP contribution is 2.43. The number of hydrogen-bond donors (Lipinski definition) is 2. The van der Waals surface area contributed by atoms with Crippen molar-refractivity contribution < 1.29 is 32.2 Å². The van der Waals surface area contributed by atoms with Gasteiger partial charge in [-0.05, 0) is 23.8 Å². The van der Waals surface area contributed by atoms with Crippen molar-refractivity contribution in [3.8, 4) is 6.07 Å². The molecule has 0 saturated carbocycles. The van der Waals surface area contributed by atoms with Gasteiger partial charge in [0.15, 0.2) is 0 Å². The van der Waals surface area contributed by atoms with Gasteiger partial charge in [0.2, 0.25) is 5.82 Å². The maximum atomic E-state index is 13.1. The maximum Gasteiger partial charge on any atom is 0.449 e.